The summed E-state index contributed by atoms with van der Waals surface area (Å²) in [4.78, 5) is 41.9. The molecule has 3 amide bonds. The van der Waals surface area contributed by atoms with Crippen molar-refractivity contribution in [2.45, 2.75) is 45.8 Å². The molecule has 2 fully saturated rings. The molecule has 0 aromatic heterocycles. The molecule has 31 heavy (non-hydrogen) atoms. The van der Waals surface area contributed by atoms with Crippen LogP contribution < -0.4 is 10.1 Å². The zero-order valence-electron chi connectivity index (χ0n) is 18.6. The minimum absolute atomic E-state index is 0.0220. The van der Waals surface area contributed by atoms with Crippen molar-refractivity contribution in [1.29, 1.82) is 0 Å². The highest BCUT2D eigenvalue weighted by Gasteiger charge is 2.34. The third-order valence-corrected chi connectivity index (χ3v) is 5.75. The van der Waals surface area contributed by atoms with Gasteiger partial charge in [-0.3, -0.25) is 14.4 Å². The molecule has 1 aromatic carbocycles. The fourth-order valence-corrected chi connectivity index (χ4v) is 3.93. The van der Waals surface area contributed by atoms with E-state index in [4.69, 9.17) is 9.47 Å². The van der Waals surface area contributed by atoms with Crippen molar-refractivity contribution >= 4 is 17.7 Å². The largest absolute Gasteiger partial charge is 0.494 e. The van der Waals surface area contributed by atoms with Gasteiger partial charge in [0.15, 0.2) is 0 Å². The van der Waals surface area contributed by atoms with Crippen molar-refractivity contribution < 1.29 is 23.9 Å². The van der Waals surface area contributed by atoms with E-state index >= 15 is 0 Å². The lowest BCUT2D eigenvalue weighted by atomic mass is 10.0. The number of nitrogens with one attached hydrogen (secondary N) is 1. The summed E-state index contributed by atoms with van der Waals surface area (Å²) in [5.74, 6) is 0.256. The van der Waals surface area contributed by atoms with E-state index in [1.807, 2.05) is 20.8 Å². The lowest BCUT2D eigenvalue weighted by Crippen LogP contribution is -2.58. The van der Waals surface area contributed by atoms with Crippen molar-refractivity contribution in [3.05, 3.63) is 29.8 Å². The van der Waals surface area contributed by atoms with Crippen LogP contribution >= 0.6 is 0 Å². The van der Waals surface area contributed by atoms with Crippen LogP contribution in [-0.4, -0.2) is 79.1 Å². The molecule has 0 radical (unpaired) electrons. The molecule has 0 aliphatic carbocycles. The van der Waals surface area contributed by atoms with Gasteiger partial charge < -0.3 is 24.6 Å². The molecule has 2 unspecified atom stereocenters. The van der Waals surface area contributed by atoms with Gasteiger partial charge in [-0.15, -0.1) is 0 Å². The number of piperazine rings is 1. The summed E-state index contributed by atoms with van der Waals surface area (Å²) in [5.41, 5.74) is 0.480. The molecule has 1 aromatic rings. The molecule has 2 heterocycles. The summed E-state index contributed by atoms with van der Waals surface area (Å²) >= 11 is 0. The first-order chi connectivity index (χ1) is 14.9. The average molecular weight is 432 g/mol. The van der Waals surface area contributed by atoms with Gasteiger partial charge in [-0.1, -0.05) is 13.8 Å². The zero-order chi connectivity index (χ0) is 22.4. The van der Waals surface area contributed by atoms with Crippen molar-refractivity contribution in [2.75, 3.05) is 39.4 Å². The lowest BCUT2D eigenvalue weighted by Gasteiger charge is -2.38. The second-order valence-corrected chi connectivity index (χ2v) is 8.30. The Balaban J connectivity index is 1.56. The predicted molar refractivity (Wildman–Crippen MR) is 116 cm³/mol. The van der Waals surface area contributed by atoms with Crippen LogP contribution in [0.5, 0.6) is 5.75 Å². The van der Waals surface area contributed by atoms with E-state index in [2.05, 4.69) is 5.32 Å². The van der Waals surface area contributed by atoms with Crippen molar-refractivity contribution in [1.82, 2.24) is 15.1 Å². The Morgan fingerprint density at radius 3 is 2.29 bits per heavy atom. The highest BCUT2D eigenvalue weighted by atomic mass is 16.5. The van der Waals surface area contributed by atoms with Crippen molar-refractivity contribution in [2.24, 2.45) is 5.92 Å². The van der Waals surface area contributed by atoms with Crippen molar-refractivity contribution in [3.8, 4) is 5.75 Å². The maximum atomic E-state index is 13.1. The van der Waals surface area contributed by atoms with Gasteiger partial charge in [0.2, 0.25) is 5.91 Å². The monoisotopic (exact) mass is 431 g/mol. The summed E-state index contributed by atoms with van der Waals surface area (Å²) in [6.07, 6.45) is 1.35. The second-order valence-electron chi connectivity index (χ2n) is 8.30. The Morgan fingerprint density at radius 1 is 1.10 bits per heavy atom. The Hall–Kier alpha value is -2.61. The van der Waals surface area contributed by atoms with E-state index in [-0.39, 0.29) is 29.7 Å². The van der Waals surface area contributed by atoms with Crippen LogP contribution in [0, 0.1) is 5.92 Å². The van der Waals surface area contributed by atoms with Crippen LogP contribution in [0.1, 0.15) is 44.0 Å². The average Bonchev–Trinajstić information content (AvgIpc) is 3.32. The van der Waals surface area contributed by atoms with E-state index in [0.29, 0.717) is 50.7 Å². The van der Waals surface area contributed by atoms with Gasteiger partial charge in [-0.25, -0.2) is 0 Å². The summed E-state index contributed by atoms with van der Waals surface area (Å²) in [6.45, 7) is 8.82. The summed E-state index contributed by atoms with van der Waals surface area (Å²) in [6, 6.07) is 6.25. The second kappa shape index (κ2) is 10.6. The highest BCUT2D eigenvalue weighted by Crippen LogP contribution is 2.17. The number of amides is 3. The molecule has 2 saturated heterocycles. The van der Waals surface area contributed by atoms with Crippen LogP contribution in [0.4, 0.5) is 0 Å². The van der Waals surface area contributed by atoms with Gasteiger partial charge in [0.25, 0.3) is 11.8 Å². The summed E-state index contributed by atoms with van der Waals surface area (Å²) in [5, 5.41) is 2.89. The molecule has 8 heteroatoms. The molecular weight excluding hydrogens is 398 g/mol. The molecule has 0 saturated carbocycles. The molecule has 2 aliphatic rings. The molecule has 8 nitrogen and oxygen atoms in total. The number of rotatable bonds is 7. The third kappa shape index (κ3) is 5.76. The number of benzene rings is 1. The maximum absolute atomic E-state index is 13.1. The normalized spacial score (nSPS) is 19.9. The number of hydrogen-bond donors (Lipinski definition) is 1. The molecule has 170 valence electrons. The molecular formula is C23H33N3O5. The Labute approximate surface area is 183 Å². The number of carbonyl (C=O) groups excluding carboxylic acids is 3. The Kier molecular flexibility index (Phi) is 7.90. The van der Waals surface area contributed by atoms with Crippen LogP contribution in [-0.2, 0) is 14.3 Å². The van der Waals surface area contributed by atoms with Crippen LogP contribution in [0.3, 0.4) is 0 Å². The van der Waals surface area contributed by atoms with E-state index < -0.39 is 6.04 Å². The smallest absolute Gasteiger partial charge is 0.251 e. The van der Waals surface area contributed by atoms with E-state index in [1.54, 1.807) is 34.1 Å². The molecule has 2 aliphatic heterocycles. The Morgan fingerprint density at radius 2 is 1.74 bits per heavy atom. The van der Waals surface area contributed by atoms with E-state index in [0.717, 1.165) is 12.8 Å². The first kappa shape index (κ1) is 23.1. The van der Waals surface area contributed by atoms with E-state index in [9.17, 15) is 14.4 Å². The first-order valence-electron chi connectivity index (χ1n) is 11.1. The molecule has 1 N–H and O–H groups in total. The fraction of sp³-hybridized carbons (Fsp3) is 0.609. The lowest BCUT2D eigenvalue weighted by molar-refractivity contribution is -0.146. The van der Waals surface area contributed by atoms with Gasteiger partial charge in [0, 0.05) is 38.3 Å². The number of ether oxygens (including phenoxy) is 2. The number of hydrogen-bond acceptors (Lipinski definition) is 5. The molecule has 0 bridgehead atoms. The fourth-order valence-electron chi connectivity index (χ4n) is 3.93. The maximum Gasteiger partial charge on any atom is 0.251 e. The predicted octanol–water partition coefficient (Wildman–Crippen LogP) is 1.69. The topological polar surface area (TPSA) is 88.2 Å². The van der Waals surface area contributed by atoms with Crippen LogP contribution in [0.25, 0.3) is 0 Å². The summed E-state index contributed by atoms with van der Waals surface area (Å²) < 4.78 is 10.9. The van der Waals surface area contributed by atoms with Gasteiger partial charge >= 0.3 is 0 Å². The van der Waals surface area contributed by atoms with Crippen molar-refractivity contribution in [3.63, 3.8) is 0 Å². The van der Waals surface area contributed by atoms with Gasteiger partial charge in [0.1, 0.15) is 17.9 Å². The van der Waals surface area contributed by atoms with Crippen LogP contribution in [0.2, 0.25) is 0 Å². The standard InChI is InChI=1S/C23H33N3O5/c1-4-30-18-9-7-17(8-10-18)21(27)24-20(16(2)3)23(29)26-13-11-25(12-14-26)22(28)19-6-5-15-31-19/h7-10,16,19-20H,4-6,11-15H2,1-3H3,(H,24,27). The van der Waals surface area contributed by atoms with Gasteiger partial charge in [-0.2, -0.15) is 0 Å². The number of nitrogens with zero attached hydrogens (tertiary/aromatic N) is 2. The minimum Gasteiger partial charge on any atom is -0.494 e. The quantitative estimate of drug-likeness (QED) is 0.710. The summed E-state index contributed by atoms with van der Waals surface area (Å²) in [7, 11) is 0. The van der Waals surface area contributed by atoms with Crippen LogP contribution in [0.15, 0.2) is 24.3 Å². The number of carbonyl (C=O) groups is 3. The molecule has 0 spiro atoms. The highest BCUT2D eigenvalue weighted by molar-refractivity contribution is 5.97. The minimum atomic E-state index is -0.625. The van der Waals surface area contributed by atoms with Gasteiger partial charge in [-0.05, 0) is 49.9 Å². The van der Waals surface area contributed by atoms with E-state index in [1.165, 1.54) is 0 Å². The Bertz CT molecular complexity index is 766. The zero-order valence-corrected chi connectivity index (χ0v) is 18.6. The molecule has 2 atom stereocenters. The first-order valence-corrected chi connectivity index (χ1v) is 11.1. The SMILES string of the molecule is CCOc1ccc(C(=O)NC(C(=O)N2CCN(C(=O)C3CCCO3)CC2)C(C)C)cc1. The van der Waals surface area contributed by atoms with Gasteiger partial charge in [0.05, 0.1) is 6.61 Å². The third-order valence-electron chi connectivity index (χ3n) is 5.75. The molecule has 3 rings (SSSR count).